The van der Waals surface area contributed by atoms with E-state index in [-0.39, 0.29) is 5.91 Å². The number of nitrogens with one attached hydrogen (secondary N) is 2. The second-order valence-electron chi connectivity index (χ2n) is 5.46. The fourth-order valence-electron chi connectivity index (χ4n) is 2.17. The minimum Gasteiger partial charge on any atom is -0.347 e. The Morgan fingerprint density at radius 3 is 2.33 bits per heavy atom. The monoisotopic (exact) mass is 318 g/mol. The molecular weight excluding hydrogens is 300 g/mol. The van der Waals surface area contributed by atoms with Crippen LogP contribution < -0.4 is 10.6 Å². The van der Waals surface area contributed by atoms with Gasteiger partial charge in [0, 0.05) is 12.2 Å². The number of aromatic nitrogens is 2. The van der Waals surface area contributed by atoms with E-state index in [0.717, 1.165) is 11.3 Å². The van der Waals surface area contributed by atoms with Crippen molar-refractivity contribution in [2.24, 2.45) is 0 Å². The van der Waals surface area contributed by atoms with Gasteiger partial charge in [-0.15, -0.1) is 10.2 Å². The molecule has 2 N–H and O–H groups in total. The normalized spacial score (nSPS) is 10.2. The van der Waals surface area contributed by atoms with Crippen molar-refractivity contribution < 1.29 is 4.79 Å². The van der Waals surface area contributed by atoms with E-state index in [9.17, 15) is 4.79 Å². The fourth-order valence-corrected chi connectivity index (χ4v) is 2.17. The first kappa shape index (κ1) is 15.7. The lowest BCUT2D eigenvalue weighted by atomic mass is 10.2. The van der Waals surface area contributed by atoms with Gasteiger partial charge in [-0.2, -0.15) is 0 Å². The lowest BCUT2D eigenvalue weighted by molar-refractivity contribution is 0.0945. The number of aryl methyl sites for hydroxylation is 1. The summed E-state index contributed by atoms with van der Waals surface area (Å²) in [5.41, 5.74) is 3.45. The molecule has 2 aromatic carbocycles. The molecule has 0 unspecified atom stereocenters. The van der Waals surface area contributed by atoms with Crippen LogP contribution in [0, 0.1) is 6.92 Å². The van der Waals surface area contributed by atoms with Crippen molar-refractivity contribution in [3.63, 3.8) is 0 Å². The van der Waals surface area contributed by atoms with Gasteiger partial charge in [-0.1, -0.05) is 48.0 Å². The molecule has 0 fully saturated rings. The van der Waals surface area contributed by atoms with Crippen LogP contribution in [0.2, 0.25) is 0 Å². The summed E-state index contributed by atoms with van der Waals surface area (Å²) in [5.74, 6) is 0.353. The summed E-state index contributed by atoms with van der Waals surface area (Å²) in [5, 5.41) is 14.0. The third kappa shape index (κ3) is 4.16. The summed E-state index contributed by atoms with van der Waals surface area (Å²) in [4.78, 5) is 12.1. The van der Waals surface area contributed by atoms with Crippen molar-refractivity contribution in [2.75, 3.05) is 5.32 Å². The summed E-state index contributed by atoms with van der Waals surface area (Å²) < 4.78 is 0. The Morgan fingerprint density at radius 2 is 1.67 bits per heavy atom. The predicted molar refractivity (Wildman–Crippen MR) is 94.1 cm³/mol. The Bertz CT molecular complexity index is 799. The van der Waals surface area contributed by atoms with Crippen LogP contribution in [-0.2, 0) is 6.54 Å². The molecular formula is C19H18N4O. The Labute approximate surface area is 140 Å². The second-order valence-corrected chi connectivity index (χ2v) is 5.46. The third-order valence-corrected chi connectivity index (χ3v) is 3.52. The van der Waals surface area contributed by atoms with Gasteiger partial charge in [0.2, 0.25) is 0 Å². The minimum absolute atomic E-state index is 0.242. The first-order valence-corrected chi connectivity index (χ1v) is 7.70. The minimum atomic E-state index is -0.242. The van der Waals surface area contributed by atoms with Gasteiger partial charge in [-0.3, -0.25) is 4.79 Å². The number of rotatable bonds is 5. The zero-order chi connectivity index (χ0) is 16.8. The zero-order valence-corrected chi connectivity index (χ0v) is 13.4. The van der Waals surface area contributed by atoms with Gasteiger partial charge in [0.25, 0.3) is 5.91 Å². The third-order valence-electron chi connectivity index (χ3n) is 3.52. The molecule has 3 aromatic rings. The highest BCUT2D eigenvalue weighted by molar-refractivity contribution is 5.92. The van der Waals surface area contributed by atoms with Crippen LogP contribution in [0.3, 0.4) is 0 Å². The molecule has 0 aliphatic carbocycles. The SMILES string of the molecule is Cc1ccc(Nc2ccc(C(=O)NCc3ccccc3)nn2)cc1. The predicted octanol–water partition coefficient (Wildman–Crippen LogP) is 3.46. The van der Waals surface area contributed by atoms with E-state index in [2.05, 4.69) is 20.8 Å². The van der Waals surface area contributed by atoms with Gasteiger partial charge in [-0.25, -0.2) is 0 Å². The van der Waals surface area contributed by atoms with Crippen LogP contribution in [0.15, 0.2) is 66.7 Å². The fraction of sp³-hybridized carbons (Fsp3) is 0.105. The van der Waals surface area contributed by atoms with E-state index in [1.807, 2.05) is 61.5 Å². The highest BCUT2D eigenvalue weighted by atomic mass is 16.1. The molecule has 5 heteroatoms. The summed E-state index contributed by atoms with van der Waals surface area (Å²) in [6.07, 6.45) is 0. The van der Waals surface area contributed by atoms with Crippen LogP contribution in [0.25, 0.3) is 0 Å². The molecule has 0 bridgehead atoms. The van der Waals surface area contributed by atoms with E-state index >= 15 is 0 Å². The van der Waals surface area contributed by atoms with Crippen LogP contribution in [0.4, 0.5) is 11.5 Å². The number of benzene rings is 2. The van der Waals surface area contributed by atoms with Crippen molar-refractivity contribution in [1.29, 1.82) is 0 Å². The lowest BCUT2D eigenvalue weighted by Crippen LogP contribution is -2.24. The largest absolute Gasteiger partial charge is 0.347 e. The maximum atomic E-state index is 12.1. The molecule has 0 aliphatic rings. The standard InChI is InChI=1S/C19H18N4O/c1-14-7-9-16(10-8-14)21-18-12-11-17(22-23-18)19(24)20-13-15-5-3-2-4-6-15/h2-12H,13H2,1H3,(H,20,24)(H,21,23). The lowest BCUT2D eigenvalue weighted by Gasteiger charge is -2.07. The van der Waals surface area contributed by atoms with Gasteiger partial charge in [-0.05, 0) is 36.8 Å². The average Bonchev–Trinajstić information content (AvgIpc) is 2.63. The van der Waals surface area contributed by atoms with Crippen molar-refractivity contribution in [3.05, 3.63) is 83.6 Å². The Kier molecular flexibility index (Phi) is 4.81. The number of hydrogen-bond donors (Lipinski definition) is 2. The molecule has 3 rings (SSSR count). The van der Waals surface area contributed by atoms with Crippen LogP contribution in [0.1, 0.15) is 21.6 Å². The Hall–Kier alpha value is -3.21. The molecule has 1 amide bonds. The van der Waals surface area contributed by atoms with Gasteiger partial charge < -0.3 is 10.6 Å². The maximum absolute atomic E-state index is 12.1. The van der Waals surface area contributed by atoms with Crippen molar-refractivity contribution >= 4 is 17.4 Å². The highest BCUT2D eigenvalue weighted by Crippen LogP contribution is 2.14. The Morgan fingerprint density at radius 1 is 0.917 bits per heavy atom. The molecule has 1 aromatic heterocycles. The molecule has 0 spiro atoms. The number of anilines is 2. The van der Waals surface area contributed by atoms with Crippen molar-refractivity contribution in [1.82, 2.24) is 15.5 Å². The molecule has 0 aliphatic heterocycles. The summed E-state index contributed by atoms with van der Waals surface area (Å²) >= 11 is 0. The topological polar surface area (TPSA) is 66.9 Å². The van der Waals surface area contributed by atoms with Crippen LogP contribution >= 0.6 is 0 Å². The quantitative estimate of drug-likeness (QED) is 0.756. The molecule has 120 valence electrons. The summed E-state index contributed by atoms with van der Waals surface area (Å²) in [6, 6.07) is 21.1. The van der Waals surface area contributed by atoms with E-state index in [4.69, 9.17) is 0 Å². The first-order chi connectivity index (χ1) is 11.7. The van der Waals surface area contributed by atoms with Crippen molar-refractivity contribution in [3.8, 4) is 0 Å². The first-order valence-electron chi connectivity index (χ1n) is 7.70. The Balaban J connectivity index is 1.59. The van der Waals surface area contributed by atoms with Gasteiger partial charge in [0.15, 0.2) is 11.5 Å². The number of hydrogen-bond acceptors (Lipinski definition) is 4. The molecule has 1 heterocycles. The molecule has 0 saturated heterocycles. The number of carbonyl (C=O) groups excluding carboxylic acids is 1. The molecule has 0 radical (unpaired) electrons. The van der Waals surface area contributed by atoms with Gasteiger partial charge in [0.05, 0.1) is 0 Å². The van der Waals surface area contributed by atoms with Crippen LogP contribution in [-0.4, -0.2) is 16.1 Å². The molecule has 5 nitrogen and oxygen atoms in total. The van der Waals surface area contributed by atoms with Crippen LogP contribution in [0.5, 0.6) is 0 Å². The number of carbonyl (C=O) groups is 1. The summed E-state index contributed by atoms with van der Waals surface area (Å²) in [6.45, 7) is 2.50. The van der Waals surface area contributed by atoms with Crippen molar-refractivity contribution in [2.45, 2.75) is 13.5 Å². The summed E-state index contributed by atoms with van der Waals surface area (Å²) in [7, 11) is 0. The second kappa shape index (κ2) is 7.37. The van der Waals surface area contributed by atoms with E-state index in [1.54, 1.807) is 12.1 Å². The molecule has 0 atom stereocenters. The number of nitrogens with zero attached hydrogens (tertiary/aromatic N) is 2. The smallest absolute Gasteiger partial charge is 0.272 e. The van der Waals surface area contributed by atoms with Gasteiger partial charge in [0.1, 0.15) is 0 Å². The van der Waals surface area contributed by atoms with E-state index in [0.29, 0.717) is 18.1 Å². The van der Waals surface area contributed by atoms with E-state index in [1.165, 1.54) is 5.56 Å². The van der Waals surface area contributed by atoms with E-state index < -0.39 is 0 Å². The zero-order valence-electron chi connectivity index (χ0n) is 13.4. The highest BCUT2D eigenvalue weighted by Gasteiger charge is 2.08. The molecule has 24 heavy (non-hydrogen) atoms. The average molecular weight is 318 g/mol. The van der Waals surface area contributed by atoms with Gasteiger partial charge >= 0.3 is 0 Å². The maximum Gasteiger partial charge on any atom is 0.272 e. The number of amides is 1. The molecule has 0 saturated carbocycles.